The molecule has 0 bridgehead atoms. The molecule has 5 heteroatoms. The third-order valence-corrected chi connectivity index (χ3v) is 2.46. The molecule has 0 spiro atoms. The zero-order valence-corrected chi connectivity index (χ0v) is 11.3. The Hall–Kier alpha value is -1.46. The van der Waals surface area contributed by atoms with Gasteiger partial charge in [-0.3, -0.25) is 0 Å². The minimum Gasteiger partial charge on any atom is -0.493 e. The third-order valence-electron chi connectivity index (χ3n) is 2.46. The molecule has 1 unspecified atom stereocenters. The lowest BCUT2D eigenvalue weighted by Crippen LogP contribution is -2.29. The van der Waals surface area contributed by atoms with E-state index in [1.54, 1.807) is 21.3 Å². The van der Waals surface area contributed by atoms with Crippen LogP contribution in [0.15, 0.2) is 12.1 Å². The second-order valence-electron chi connectivity index (χ2n) is 4.02. The van der Waals surface area contributed by atoms with E-state index in [2.05, 4.69) is 5.32 Å². The second-order valence-corrected chi connectivity index (χ2v) is 4.02. The Morgan fingerprint density at radius 2 is 1.78 bits per heavy atom. The molecule has 0 amide bonds. The van der Waals surface area contributed by atoms with E-state index in [0.717, 1.165) is 5.56 Å². The summed E-state index contributed by atoms with van der Waals surface area (Å²) in [6, 6.07) is 3.73. The van der Waals surface area contributed by atoms with Crippen molar-refractivity contribution in [3.63, 3.8) is 0 Å². The van der Waals surface area contributed by atoms with Crippen LogP contribution < -0.4 is 19.5 Å². The van der Waals surface area contributed by atoms with Crippen molar-refractivity contribution in [1.29, 1.82) is 0 Å². The number of likely N-dealkylation sites (N-methyl/N-ethyl adjacent to an activating group) is 1. The van der Waals surface area contributed by atoms with Gasteiger partial charge in [0.05, 0.1) is 14.2 Å². The minimum absolute atomic E-state index is 0.177. The highest BCUT2D eigenvalue weighted by Gasteiger charge is 2.14. The van der Waals surface area contributed by atoms with Crippen LogP contribution in [-0.4, -0.2) is 45.6 Å². The molecule has 0 aromatic heterocycles. The van der Waals surface area contributed by atoms with E-state index in [4.69, 9.17) is 14.2 Å². The number of aliphatic hydroxyl groups excluding tert-OH is 1. The van der Waals surface area contributed by atoms with E-state index in [0.29, 0.717) is 23.8 Å². The number of aliphatic hydroxyl groups is 1. The molecule has 1 aromatic rings. The van der Waals surface area contributed by atoms with Crippen molar-refractivity contribution in [3.05, 3.63) is 17.7 Å². The second kappa shape index (κ2) is 7.08. The van der Waals surface area contributed by atoms with Crippen LogP contribution in [0.5, 0.6) is 17.2 Å². The van der Waals surface area contributed by atoms with Gasteiger partial charge >= 0.3 is 0 Å². The van der Waals surface area contributed by atoms with Gasteiger partial charge in [0.25, 0.3) is 0 Å². The predicted molar refractivity (Wildman–Crippen MR) is 69.7 cm³/mol. The van der Waals surface area contributed by atoms with Gasteiger partial charge < -0.3 is 24.6 Å². The molecule has 2 N–H and O–H groups in total. The highest BCUT2D eigenvalue weighted by atomic mass is 16.5. The van der Waals surface area contributed by atoms with Crippen molar-refractivity contribution in [2.45, 2.75) is 13.0 Å². The molecular weight excluding hydrogens is 234 g/mol. The number of aryl methyl sites for hydroxylation is 1. The van der Waals surface area contributed by atoms with Crippen molar-refractivity contribution >= 4 is 0 Å². The summed E-state index contributed by atoms with van der Waals surface area (Å²) in [5.41, 5.74) is 1.02. The topological polar surface area (TPSA) is 60.0 Å². The fourth-order valence-corrected chi connectivity index (χ4v) is 1.63. The van der Waals surface area contributed by atoms with E-state index in [9.17, 15) is 5.11 Å². The lowest BCUT2D eigenvalue weighted by Gasteiger charge is -2.17. The average Bonchev–Trinajstić information content (AvgIpc) is 2.36. The van der Waals surface area contributed by atoms with E-state index in [1.165, 1.54) is 0 Å². The maximum atomic E-state index is 9.62. The molecule has 0 aliphatic heterocycles. The summed E-state index contributed by atoms with van der Waals surface area (Å²) < 4.78 is 16.1. The van der Waals surface area contributed by atoms with Crippen molar-refractivity contribution in [1.82, 2.24) is 5.32 Å². The number of nitrogens with one attached hydrogen (secondary N) is 1. The third kappa shape index (κ3) is 3.78. The molecule has 18 heavy (non-hydrogen) atoms. The summed E-state index contributed by atoms with van der Waals surface area (Å²) in [6.07, 6.45) is -0.578. The Balaban J connectivity index is 2.85. The minimum atomic E-state index is -0.578. The molecule has 5 nitrogen and oxygen atoms in total. The van der Waals surface area contributed by atoms with E-state index >= 15 is 0 Å². The SMILES string of the molecule is CNCC(O)COc1c(OC)cc(C)cc1OC. The first-order chi connectivity index (χ1) is 8.62. The smallest absolute Gasteiger partial charge is 0.203 e. The fourth-order valence-electron chi connectivity index (χ4n) is 1.63. The average molecular weight is 255 g/mol. The van der Waals surface area contributed by atoms with Gasteiger partial charge in [-0.15, -0.1) is 0 Å². The molecule has 0 aliphatic rings. The van der Waals surface area contributed by atoms with Crippen LogP contribution in [0.25, 0.3) is 0 Å². The molecule has 0 saturated carbocycles. The molecule has 0 fully saturated rings. The first-order valence-corrected chi connectivity index (χ1v) is 5.80. The number of hydrogen-bond acceptors (Lipinski definition) is 5. The maximum absolute atomic E-state index is 9.62. The summed E-state index contributed by atoms with van der Waals surface area (Å²) >= 11 is 0. The number of benzene rings is 1. The molecule has 1 atom stereocenters. The summed E-state index contributed by atoms with van der Waals surface area (Å²) in [5.74, 6) is 1.72. The zero-order chi connectivity index (χ0) is 13.5. The van der Waals surface area contributed by atoms with Crippen molar-refractivity contribution < 1.29 is 19.3 Å². The van der Waals surface area contributed by atoms with Crippen LogP contribution in [0.3, 0.4) is 0 Å². The Bertz CT molecular complexity index is 356. The van der Waals surface area contributed by atoms with Gasteiger partial charge in [-0.05, 0) is 31.7 Å². The summed E-state index contributed by atoms with van der Waals surface area (Å²) in [4.78, 5) is 0. The van der Waals surface area contributed by atoms with Gasteiger partial charge in [0, 0.05) is 6.54 Å². The lowest BCUT2D eigenvalue weighted by atomic mass is 10.2. The molecule has 102 valence electrons. The van der Waals surface area contributed by atoms with Gasteiger partial charge in [0.15, 0.2) is 11.5 Å². The molecule has 1 aromatic carbocycles. The molecule has 1 rings (SSSR count). The lowest BCUT2D eigenvalue weighted by molar-refractivity contribution is 0.104. The number of hydrogen-bond donors (Lipinski definition) is 2. The van der Waals surface area contributed by atoms with Gasteiger partial charge in [0.1, 0.15) is 12.7 Å². The van der Waals surface area contributed by atoms with Gasteiger partial charge in [-0.1, -0.05) is 0 Å². The Kier molecular flexibility index (Phi) is 5.74. The van der Waals surface area contributed by atoms with Crippen molar-refractivity contribution in [2.24, 2.45) is 0 Å². The Morgan fingerprint density at radius 3 is 2.22 bits per heavy atom. The van der Waals surface area contributed by atoms with Gasteiger partial charge in [-0.25, -0.2) is 0 Å². The zero-order valence-electron chi connectivity index (χ0n) is 11.3. The highest BCUT2D eigenvalue weighted by molar-refractivity contribution is 5.53. The maximum Gasteiger partial charge on any atom is 0.203 e. The van der Waals surface area contributed by atoms with Crippen LogP contribution in [-0.2, 0) is 0 Å². The summed E-state index contributed by atoms with van der Waals surface area (Å²) in [7, 11) is 4.92. The Labute approximate surface area is 108 Å². The number of rotatable bonds is 7. The summed E-state index contributed by atoms with van der Waals surface area (Å²) in [6.45, 7) is 2.60. The summed E-state index contributed by atoms with van der Waals surface area (Å²) in [5, 5.41) is 12.5. The highest BCUT2D eigenvalue weighted by Crippen LogP contribution is 2.38. The molecular formula is C13H21NO4. The van der Waals surface area contributed by atoms with E-state index < -0.39 is 6.10 Å². The number of methoxy groups -OCH3 is 2. The quantitative estimate of drug-likeness (QED) is 0.760. The fraction of sp³-hybridized carbons (Fsp3) is 0.538. The van der Waals surface area contributed by atoms with Crippen LogP contribution in [0.2, 0.25) is 0 Å². The molecule has 0 saturated heterocycles. The predicted octanol–water partition coefficient (Wildman–Crippen LogP) is 0.971. The first-order valence-electron chi connectivity index (χ1n) is 5.80. The van der Waals surface area contributed by atoms with Gasteiger partial charge in [0.2, 0.25) is 5.75 Å². The van der Waals surface area contributed by atoms with E-state index in [-0.39, 0.29) is 6.61 Å². The normalized spacial score (nSPS) is 12.1. The standard InChI is InChI=1S/C13H21NO4/c1-9-5-11(16-3)13(12(6-9)17-4)18-8-10(15)7-14-2/h5-6,10,14-15H,7-8H2,1-4H3. The Morgan fingerprint density at radius 1 is 1.22 bits per heavy atom. The van der Waals surface area contributed by atoms with Gasteiger partial charge in [-0.2, -0.15) is 0 Å². The van der Waals surface area contributed by atoms with Crippen molar-refractivity contribution in [3.8, 4) is 17.2 Å². The van der Waals surface area contributed by atoms with Crippen LogP contribution in [0, 0.1) is 6.92 Å². The molecule has 0 heterocycles. The van der Waals surface area contributed by atoms with E-state index in [1.807, 2.05) is 19.1 Å². The van der Waals surface area contributed by atoms with Crippen LogP contribution in [0.4, 0.5) is 0 Å². The van der Waals surface area contributed by atoms with Crippen LogP contribution >= 0.6 is 0 Å². The first kappa shape index (κ1) is 14.6. The largest absolute Gasteiger partial charge is 0.493 e. The molecule has 0 radical (unpaired) electrons. The monoisotopic (exact) mass is 255 g/mol. The number of ether oxygens (including phenoxy) is 3. The van der Waals surface area contributed by atoms with Crippen LogP contribution in [0.1, 0.15) is 5.56 Å². The van der Waals surface area contributed by atoms with Crippen molar-refractivity contribution in [2.75, 3.05) is 34.4 Å². The molecule has 0 aliphatic carbocycles.